The van der Waals surface area contributed by atoms with Crippen molar-refractivity contribution in [1.82, 2.24) is 20.5 Å². The summed E-state index contributed by atoms with van der Waals surface area (Å²) in [6, 6.07) is 14.8. The number of fused-ring (bicyclic) bond motifs is 1. The highest BCUT2D eigenvalue weighted by Gasteiger charge is 2.20. The molecule has 0 aliphatic carbocycles. The van der Waals surface area contributed by atoms with Crippen LogP contribution in [0.5, 0.6) is 11.5 Å². The standard InChI is InChI=1S/C26H28N4O5S/c1-34-20-8-9-21-22(15-20)35-13-11-27-23(31)16-30(12-5-10-28-25(21)33)24(32)14-19-17-36-26(29-19)18-6-3-2-4-7-18/h2-4,6-9,15,17H,5,10-14,16H2,1H3,(H,27,31)(H,28,33). The van der Waals surface area contributed by atoms with E-state index in [2.05, 4.69) is 15.6 Å². The number of nitrogens with zero attached hydrogens (tertiary/aromatic N) is 2. The number of thiazole rings is 1. The van der Waals surface area contributed by atoms with Crippen molar-refractivity contribution >= 4 is 29.1 Å². The van der Waals surface area contributed by atoms with Crippen LogP contribution in [-0.4, -0.2) is 67.5 Å². The van der Waals surface area contributed by atoms with Gasteiger partial charge in [0.05, 0.1) is 37.9 Å². The van der Waals surface area contributed by atoms with Crippen LogP contribution >= 0.6 is 11.3 Å². The number of nitrogens with one attached hydrogen (secondary N) is 2. The van der Waals surface area contributed by atoms with Crippen LogP contribution in [0.2, 0.25) is 0 Å². The second-order valence-corrected chi connectivity index (χ2v) is 9.03. The quantitative estimate of drug-likeness (QED) is 0.561. The normalized spacial score (nSPS) is 15.1. The Bertz CT molecular complexity index is 1210. The first-order chi connectivity index (χ1) is 17.5. The Morgan fingerprint density at radius 1 is 1.14 bits per heavy atom. The lowest BCUT2D eigenvalue weighted by Gasteiger charge is -2.23. The lowest BCUT2D eigenvalue weighted by Crippen LogP contribution is -2.43. The smallest absolute Gasteiger partial charge is 0.255 e. The highest BCUT2D eigenvalue weighted by atomic mass is 32.1. The summed E-state index contributed by atoms with van der Waals surface area (Å²) in [6.45, 7) is 0.978. The Morgan fingerprint density at radius 3 is 2.78 bits per heavy atom. The molecule has 0 unspecified atom stereocenters. The van der Waals surface area contributed by atoms with Crippen molar-refractivity contribution in [1.29, 1.82) is 0 Å². The zero-order valence-corrected chi connectivity index (χ0v) is 20.8. The Morgan fingerprint density at radius 2 is 1.97 bits per heavy atom. The Hall–Kier alpha value is -3.92. The monoisotopic (exact) mass is 508 g/mol. The van der Waals surface area contributed by atoms with Crippen molar-refractivity contribution in [2.75, 3.05) is 39.9 Å². The molecule has 0 radical (unpaired) electrons. The summed E-state index contributed by atoms with van der Waals surface area (Å²) in [5.74, 6) is 0.205. The number of rotatable bonds is 4. The molecule has 3 aromatic rings. The van der Waals surface area contributed by atoms with Crippen LogP contribution in [-0.2, 0) is 16.0 Å². The number of carbonyl (C=O) groups excluding carboxylic acids is 3. The van der Waals surface area contributed by atoms with Gasteiger partial charge in [0.1, 0.15) is 23.1 Å². The fraction of sp³-hybridized carbons (Fsp3) is 0.308. The second-order valence-electron chi connectivity index (χ2n) is 8.17. The number of aromatic nitrogens is 1. The first-order valence-electron chi connectivity index (χ1n) is 11.7. The molecule has 188 valence electrons. The van der Waals surface area contributed by atoms with Crippen molar-refractivity contribution in [2.24, 2.45) is 0 Å². The molecule has 2 N–H and O–H groups in total. The van der Waals surface area contributed by atoms with E-state index in [9.17, 15) is 14.4 Å². The van der Waals surface area contributed by atoms with Gasteiger partial charge in [-0.25, -0.2) is 4.98 Å². The minimum absolute atomic E-state index is 0.0765. The molecule has 3 amide bonds. The number of methoxy groups -OCH3 is 1. The number of hydrogen-bond acceptors (Lipinski definition) is 7. The predicted octanol–water partition coefficient (Wildman–Crippen LogP) is 2.52. The van der Waals surface area contributed by atoms with Crippen LogP contribution in [0.1, 0.15) is 22.5 Å². The number of carbonyl (C=O) groups is 3. The number of ether oxygens (including phenoxy) is 2. The van der Waals surface area contributed by atoms with Gasteiger partial charge in [-0.15, -0.1) is 11.3 Å². The molecular weight excluding hydrogens is 480 g/mol. The van der Waals surface area contributed by atoms with Crippen molar-refractivity contribution < 1.29 is 23.9 Å². The van der Waals surface area contributed by atoms with Crippen LogP contribution in [0.25, 0.3) is 10.6 Å². The third kappa shape index (κ3) is 6.60. The highest BCUT2D eigenvalue weighted by molar-refractivity contribution is 7.13. The maximum atomic E-state index is 13.1. The minimum Gasteiger partial charge on any atom is -0.497 e. The molecular formula is C26H28N4O5S. The molecule has 2 heterocycles. The minimum atomic E-state index is -0.276. The summed E-state index contributed by atoms with van der Waals surface area (Å²) >= 11 is 1.48. The first-order valence-corrected chi connectivity index (χ1v) is 12.5. The highest BCUT2D eigenvalue weighted by Crippen LogP contribution is 2.25. The lowest BCUT2D eigenvalue weighted by atomic mass is 10.1. The second kappa shape index (κ2) is 12.2. The average Bonchev–Trinajstić information content (AvgIpc) is 3.36. The van der Waals surface area contributed by atoms with Crippen molar-refractivity contribution in [3.63, 3.8) is 0 Å². The van der Waals surface area contributed by atoms with E-state index in [-0.39, 0.29) is 43.8 Å². The van der Waals surface area contributed by atoms with Crippen LogP contribution in [0.4, 0.5) is 0 Å². The van der Waals surface area contributed by atoms with Gasteiger partial charge in [0.25, 0.3) is 5.91 Å². The third-order valence-corrected chi connectivity index (χ3v) is 6.54. The van der Waals surface area contributed by atoms with Crippen LogP contribution in [0.3, 0.4) is 0 Å². The van der Waals surface area contributed by atoms with E-state index in [1.54, 1.807) is 18.2 Å². The summed E-state index contributed by atoms with van der Waals surface area (Å²) < 4.78 is 11.0. The molecule has 4 rings (SSSR count). The summed E-state index contributed by atoms with van der Waals surface area (Å²) in [5.41, 5.74) is 2.04. The van der Waals surface area contributed by atoms with Gasteiger partial charge in [-0.2, -0.15) is 0 Å². The van der Waals surface area contributed by atoms with E-state index in [0.29, 0.717) is 42.3 Å². The molecule has 0 bridgehead atoms. The van der Waals surface area contributed by atoms with Gasteiger partial charge in [-0.05, 0) is 18.6 Å². The number of hydrogen-bond donors (Lipinski definition) is 2. The summed E-state index contributed by atoms with van der Waals surface area (Å²) in [6.07, 6.45) is 0.588. The van der Waals surface area contributed by atoms with Crippen molar-refractivity contribution in [2.45, 2.75) is 12.8 Å². The van der Waals surface area contributed by atoms with E-state index in [0.717, 1.165) is 10.6 Å². The predicted molar refractivity (Wildman–Crippen MR) is 136 cm³/mol. The number of benzene rings is 2. The van der Waals surface area contributed by atoms with Gasteiger partial charge in [0, 0.05) is 30.1 Å². The molecule has 36 heavy (non-hydrogen) atoms. The van der Waals surface area contributed by atoms with Crippen molar-refractivity contribution in [3.8, 4) is 22.1 Å². The number of amides is 3. The molecule has 0 saturated heterocycles. The maximum absolute atomic E-state index is 13.1. The molecule has 0 saturated carbocycles. The van der Waals surface area contributed by atoms with Crippen LogP contribution in [0.15, 0.2) is 53.9 Å². The van der Waals surface area contributed by atoms with E-state index in [4.69, 9.17) is 9.47 Å². The fourth-order valence-electron chi connectivity index (χ4n) is 3.74. The van der Waals surface area contributed by atoms with Gasteiger partial charge >= 0.3 is 0 Å². The molecule has 0 atom stereocenters. The van der Waals surface area contributed by atoms with Gasteiger partial charge in [-0.3, -0.25) is 14.4 Å². The molecule has 1 aromatic heterocycles. The average molecular weight is 509 g/mol. The SMILES string of the molecule is COc1ccc2c(c1)OCCNC(=O)CN(C(=O)Cc1csc(-c3ccccc3)n1)CCCNC2=O. The Kier molecular flexibility index (Phi) is 8.51. The van der Waals surface area contributed by atoms with Gasteiger partial charge in [-0.1, -0.05) is 30.3 Å². The van der Waals surface area contributed by atoms with Gasteiger partial charge in [0.2, 0.25) is 11.8 Å². The molecule has 9 nitrogen and oxygen atoms in total. The third-order valence-electron chi connectivity index (χ3n) is 5.60. The lowest BCUT2D eigenvalue weighted by molar-refractivity contribution is -0.135. The van der Waals surface area contributed by atoms with Gasteiger partial charge < -0.3 is 25.0 Å². The van der Waals surface area contributed by atoms with Crippen LogP contribution < -0.4 is 20.1 Å². The Balaban J connectivity index is 1.41. The van der Waals surface area contributed by atoms with E-state index >= 15 is 0 Å². The zero-order valence-electron chi connectivity index (χ0n) is 20.0. The molecule has 0 fully saturated rings. The fourth-order valence-corrected chi connectivity index (χ4v) is 4.57. The Labute approximate surface area is 213 Å². The molecule has 10 heteroatoms. The molecule has 1 aliphatic heterocycles. The zero-order chi connectivity index (χ0) is 25.3. The van der Waals surface area contributed by atoms with Gasteiger partial charge in [0.15, 0.2) is 0 Å². The molecule has 0 spiro atoms. The topological polar surface area (TPSA) is 110 Å². The maximum Gasteiger partial charge on any atom is 0.255 e. The summed E-state index contributed by atoms with van der Waals surface area (Å²) in [4.78, 5) is 44.4. The molecule has 2 aromatic carbocycles. The first kappa shape index (κ1) is 25.2. The largest absolute Gasteiger partial charge is 0.497 e. The van der Waals surface area contributed by atoms with E-state index < -0.39 is 0 Å². The van der Waals surface area contributed by atoms with E-state index in [1.807, 2.05) is 35.7 Å². The summed E-state index contributed by atoms with van der Waals surface area (Å²) in [7, 11) is 1.54. The summed E-state index contributed by atoms with van der Waals surface area (Å²) in [5, 5.41) is 8.36. The molecule has 1 aliphatic rings. The van der Waals surface area contributed by atoms with Crippen molar-refractivity contribution in [3.05, 3.63) is 65.2 Å². The van der Waals surface area contributed by atoms with E-state index in [1.165, 1.54) is 23.3 Å². The van der Waals surface area contributed by atoms with Crippen LogP contribution in [0, 0.1) is 0 Å².